The van der Waals surface area contributed by atoms with Crippen LogP contribution in [0.2, 0.25) is 0 Å². The highest BCUT2D eigenvalue weighted by Crippen LogP contribution is 2.14. The van der Waals surface area contributed by atoms with E-state index in [4.69, 9.17) is 5.73 Å². The molecule has 4 nitrogen and oxygen atoms in total. The van der Waals surface area contributed by atoms with Gasteiger partial charge in [0.15, 0.2) is 0 Å². The lowest BCUT2D eigenvalue weighted by molar-refractivity contribution is -0.174. The van der Waals surface area contributed by atoms with Gasteiger partial charge < -0.3 is 15.0 Å². The van der Waals surface area contributed by atoms with Crippen LogP contribution in [-0.2, 0) is 11.3 Å². The lowest BCUT2D eigenvalue weighted by Gasteiger charge is -2.07. The van der Waals surface area contributed by atoms with Gasteiger partial charge in [0.05, 0.1) is 12.9 Å². The molecule has 0 atom stereocenters. The smallest absolute Gasteiger partial charge is 0.382 e. The molecular weight excluding hydrogens is 199 g/mol. The maximum Gasteiger partial charge on any atom is 0.411 e. The second-order valence-electron chi connectivity index (χ2n) is 2.70. The Morgan fingerprint density at radius 2 is 2.21 bits per heavy atom. The summed E-state index contributed by atoms with van der Waals surface area (Å²) in [5, 5.41) is 0. The fourth-order valence-corrected chi connectivity index (χ4v) is 0.858. The molecule has 0 radical (unpaired) electrons. The third-order valence-electron chi connectivity index (χ3n) is 1.41. The van der Waals surface area contributed by atoms with Crippen molar-refractivity contribution in [3.8, 4) is 0 Å². The summed E-state index contributed by atoms with van der Waals surface area (Å²) < 4.78 is 40.8. The van der Waals surface area contributed by atoms with Crippen LogP contribution in [0.3, 0.4) is 0 Å². The Morgan fingerprint density at radius 1 is 1.50 bits per heavy atom. The number of hydrogen-bond donors (Lipinski definition) is 1. The number of halogens is 3. The Labute approximate surface area is 78.5 Å². The first-order chi connectivity index (χ1) is 6.47. The molecule has 0 spiro atoms. The van der Waals surface area contributed by atoms with Crippen molar-refractivity contribution in [3.63, 3.8) is 0 Å². The maximum absolute atomic E-state index is 11.6. The summed E-state index contributed by atoms with van der Waals surface area (Å²) in [5.74, 6) is 0.334. The quantitative estimate of drug-likeness (QED) is 0.754. The van der Waals surface area contributed by atoms with Crippen LogP contribution in [0.1, 0.15) is 0 Å². The zero-order valence-electron chi connectivity index (χ0n) is 7.29. The van der Waals surface area contributed by atoms with Gasteiger partial charge in [0.25, 0.3) is 0 Å². The zero-order valence-corrected chi connectivity index (χ0v) is 7.29. The molecule has 1 aromatic heterocycles. The number of rotatable bonds is 4. The number of nitrogens with two attached hydrogens (primary N) is 1. The van der Waals surface area contributed by atoms with Gasteiger partial charge in [-0.05, 0) is 0 Å². The minimum atomic E-state index is -4.27. The number of alkyl halides is 3. The highest BCUT2D eigenvalue weighted by atomic mass is 19.4. The summed E-state index contributed by atoms with van der Waals surface area (Å²) in [6.07, 6.45) is -1.31. The summed E-state index contributed by atoms with van der Waals surface area (Å²) in [6.45, 7) is -0.938. The summed E-state index contributed by atoms with van der Waals surface area (Å²) in [4.78, 5) is 3.71. The van der Waals surface area contributed by atoms with Gasteiger partial charge in [-0.1, -0.05) is 0 Å². The summed E-state index contributed by atoms with van der Waals surface area (Å²) >= 11 is 0. The van der Waals surface area contributed by atoms with E-state index in [1.54, 1.807) is 4.57 Å². The van der Waals surface area contributed by atoms with E-state index >= 15 is 0 Å². The van der Waals surface area contributed by atoms with Gasteiger partial charge in [-0.15, -0.1) is 0 Å². The van der Waals surface area contributed by atoms with Gasteiger partial charge in [0, 0.05) is 12.7 Å². The van der Waals surface area contributed by atoms with E-state index in [2.05, 4.69) is 9.72 Å². The van der Waals surface area contributed by atoms with Crippen molar-refractivity contribution in [3.05, 3.63) is 12.5 Å². The highest BCUT2D eigenvalue weighted by Gasteiger charge is 2.27. The molecule has 1 heterocycles. The summed E-state index contributed by atoms with van der Waals surface area (Å²) in [7, 11) is 0. The van der Waals surface area contributed by atoms with Gasteiger partial charge in [0.2, 0.25) is 0 Å². The number of imidazole rings is 1. The normalized spacial score (nSPS) is 11.9. The van der Waals surface area contributed by atoms with Gasteiger partial charge in [-0.3, -0.25) is 0 Å². The summed E-state index contributed by atoms with van der Waals surface area (Å²) in [5.41, 5.74) is 5.30. The monoisotopic (exact) mass is 209 g/mol. The first kappa shape index (κ1) is 10.8. The van der Waals surface area contributed by atoms with Crippen molar-refractivity contribution < 1.29 is 17.9 Å². The SMILES string of the molecule is Nc1cn(CCOCC(F)(F)F)cn1. The highest BCUT2D eigenvalue weighted by molar-refractivity contribution is 5.22. The number of hydrogen-bond acceptors (Lipinski definition) is 3. The number of anilines is 1. The van der Waals surface area contributed by atoms with Crippen molar-refractivity contribution in [2.75, 3.05) is 18.9 Å². The molecule has 0 bridgehead atoms. The largest absolute Gasteiger partial charge is 0.411 e. The maximum atomic E-state index is 11.6. The number of nitrogen functional groups attached to an aromatic ring is 1. The van der Waals surface area contributed by atoms with Crippen LogP contribution in [0.4, 0.5) is 19.0 Å². The molecule has 1 aromatic rings. The molecule has 0 saturated heterocycles. The van der Waals surface area contributed by atoms with Crippen LogP contribution in [0.5, 0.6) is 0 Å². The van der Waals surface area contributed by atoms with E-state index in [0.717, 1.165) is 0 Å². The van der Waals surface area contributed by atoms with E-state index in [1.165, 1.54) is 12.5 Å². The first-order valence-corrected chi connectivity index (χ1v) is 3.89. The van der Waals surface area contributed by atoms with Crippen LogP contribution >= 0.6 is 0 Å². The molecule has 2 N–H and O–H groups in total. The second-order valence-corrected chi connectivity index (χ2v) is 2.70. The molecule has 0 aliphatic carbocycles. The molecule has 0 aliphatic heterocycles. The minimum Gasteiger partial charge on any atom is -0.382 e. The van der Waals surface area contributed by atoms with Gasteiger partial charge >= 0.3 is 6.18 Å². The number of nitrogens with zero attached hydrogens (tertiary/aromatic N) is 2. The first-order valence-electron chi connectivity index (χ1n) is 3.89. The van der Waals surface area contributed by atoms with Crippen LogP contribution in [0.25, 0.3) is 0 Å². The molecule has 0 fully saturated rings. The average molecular weight is 209 g/mol. The predicted octanol–water partition coefficient (Wildman–Crippen LogP) is 1.04. The molecule has 0 unspecified atom stereocenters. The van der Waals surface area contributed by atoms with Gasteiger partial charge in [-0.25, -0.2) is 4.98 Å². The Balaban J connectivity index is 2.16. The number of aromatic nitrogens is 2. The fraction of sp³-hybridized carbons (Fsp3) is 0.571. The van der Waals surface area contributed by atoms with E-state index in [9.17, 15) is 13.2 Å². The van der Waals surface area contributed by atoms with Crippen LogP contribution in [-0.4, -0.2) is 28.9 Å². The van der Waals surface area contributed by atoms with Crippen molar-refractivity contribution in [2.45, 2.75) is 12.7 Å². The molecule has 1 rings (SSSR count). The summed E-state index contributed by atoms with van der Waals surface area (Å²) in [6, 6.07) is 0. The van der Waals surface area contributed by atoms with Crippen LogP contribution < -0.4 is 5.73 Å². The second kappa shape index (κ2) is 4.32. The molecule has 0 amide bonds. The minimum absolute atomic E-state index is 0.0185. The molecule has 14 heavy (non-hydrogen) atoms. The Kier molecular flexibility index (Phi) is 3.34. The topological polar surface area (TPSA) is 53.1 Å². The molecule has 0 saturated carbocycles. The van der Waals surface area contributed by atoms with Crippen molar-refractivity contribution in [1.82, 2.24) is 9.55 Å². The fourth-order valence-electron chi connectivity index (χ4n) is 0.858. The number of ether oxygens (including phenoxy) is 1. The molecule has 0 aliphatic rings. The molecular formula is C7H10F3N3O. The Hall–Kier alpha value is -1.24. The van der Waals surface area contributed by atoms with Crippen LogP contribution in [0.15, 0.2) is 12.5 Å². The van der Waals surface area contributed by atoms with Crippen molar-refractivity contribution in [2.24, 2.45) is 0 Å². The van der Waals surface area contributed by atoms with E-state index in [0.29, 0.717) is 12.4 Å². The third kappa shape index (κ3) is 4.13. The standard InChI is InChI=1S/C7H10F3N3O/c8-7(9,10)4-14-2-1-13-3-6(11)12-5-13/h3,5H,1-2,4,11H2. The average Bonchev–Trinajstić information content (AvgIpc) is 2.44. The molecule has 0 aromatic carbocycles. The van der Waals surface area contributed by atoms with Crippen LogP contribution in [0, 0.1) is 0 Å². The Bertz CT molecular complexity index is 284. The van der Waals surface area contributed by atoms with Gasteiger partial charge in [0.1, 0.15) is 12.4 Å². The van der Waals surface area contributed by atoms with Crippen molar-refractivity contribution >= 4 is 5.82 Å². The lowest BCUT2D eigenvalue weighted by Crippen LogP contribution is -2.18. The third-order valence-corrected chi connectivity index (χ3v) is 1.41. The predicted molar refractivity (Wildman–Crippen MR) is 43.5 cm³/mol. The van der Waals surface area contributed by atoms with Gasteiger partial charge in [-0.2, -0.15) is 13.2 Å². The Morgan fingerprint density at radius 3 is 2.71 bits per heavy atom. The zero-order chi connectivity index (χ0) is 10.6. The van der Waals surface area contributed by atoms with E-state index < -0.39 is 12.8 Å². The van der Waals surface area contributed by atoms with E-state index in [-0.39, 0.29) is 6.61 Å². The van der Waals surface area contributed by atoms with Crippen molar-refractivity contribution in [1.29, 1.82) is 0 Å². The van der Waals surface area contributed by atoms with E-state index in [1.807, 2.05) is 0 Å². The molecule has 80 valence electrons. The molecule has 7 heteroatoms. The lowest BCUT2D eigenvalue weighted by atomic mass is 10.6.